The van der Waals surface area contributed by atoms with E-state index in [1.165, 1.54) is 0 Å². The topological polar surface area (TPSA) is 35.5 Å². The number of ether oxygens (including phenoxy) is 2. The van der Waals surface area contributed by atoms with Crippen molar-refractivity contribution < 1.29 is 14.3 Å². The maximum Gasteiger partial charge on any atom is 0.200 e. The first-order chi connectivity index (χ1) is 10.0. The highest BCUT2D eigenvalue weighted by Crippen LogP contribution is 2.29. The molecule has 0 aliphatic rings. The predicted octanol–water partition coefficient (Wildman–Crippen LogP) is 5.14. The Labute approximate surface area is 144 Å². The molecule has 0 saturated heterocycles. The lowest BCUT2D eigenvalue weighted by Gasteiger charge is -2.09. The summed E-state index contributed by atoms with van der Waals surface area (Å²) in [6.45, 7) is -0.0884. The maximum absolute atomic E-state index is 12.1. The van der Waals surface area contributed by atoms with Gasteiger partial charge in [-0.05, 0) is 52.3 Å². The minimum absolute atomic E-state index is 0.0884. The molecule has 0 fully saturated rings. The van der Waals surface area contributed by atoms with E-state index >= 15 is 0 Å². The van der Waals surface area contributed by atoms with Gasteiger partial charge >= 0.3 is 0 Å². The van der Waals surface area contributed by atoms with Gasteiger partial charge in [0.05, 0.1) is 16.6 Å². The summed E-state index contributed by atoms with van der Waals surface area (Å²) in [4.78, 5) is 12.1. The number of hydrogen-bond donors (Lipinski definition) is 0. The molecule has 0 heterocycles. The van der Waals surface area contributed by atoms with Crippen LogP contribution in [0.15, 0.2) is 45.3 Å². The Kier molecular flexibility index (Phi) is 5.67. The van der Waals surface area contributed by atoms with E-state index in [4.69, 9.17) is 21.1 Å². The number of methoxy groups -OCH3 is 1. The van der Waals surface area contributed by atoms with E-state index in [0.717, 1.165) is 8.95 Å². The van der Waals surface area contributed by atoms with Crippen LogP contribution >= 0.6 is 43.5 Å². The van der Waals surface area contributed by atoms with Crippen molar-refractivity contribution in [1.82, 2.24) is 0 Å². The van der Waals surface area contributed by atoms with E-state index in [-0.39, 0.29) is 12.4 Å². The average molecular weight is 435 g/mol. The number of carbonyl (C=O) groups is 1. The molecule has 0 atom stereocenters. The lowest BCUT2D eigenvalue weighted by Crippen LogP contribution is -2.11. The van der Waals surface area contributed by atoms with Gasteiger partial charge in [0, 0.05) is 10.0 Å². The third kappa shape index (κ3) is 4.22. The third-order valence-electron chi connectivity index (χ3n) is 2.73. The molecule has 2 aromatic carbocycles. The van der Waals surface area contributed by atoms with E-state index in [2.05, 4.69) is 31.9 Å². The lowest BCUT2D eigenvalue weighted by molar-refractivity contribution is 0.0921. The van der Waals surface area contributed by atoms with E-state index in [1.807, 2.05) is 0 Å². The van der Waals surface area contributed by atoms with Gasteiger partial charge in [0.2, 0.25) is 0 Å². The number of carbonyl (C=O) groups excluding carboxylic acids is 1. The second-order valence-electron chi connectivity index (χ2n) is 4.14. The van der Waals surface area contributed by atoms with Gasteiger partial charge < -0.3 is 9.47 Å². The first kappa shape index (κ1) is 16.3. The summed E-state index contributed by atoms with van der Waals surface area (Å²) in [5, 5.41) is 0.460. The van der Waals surface area contributed by atoms with Crippen molar-refractivity contribution in [3.63, 3.8) is 0 Å². The smallest absolute Gasteiger partial charge is 0.200 e. The number of rotatable bonds is 5. The lowest BCUT2D eigenvalue weighted by atomic mass is 10.1. The Morgan fingerprint density at radius 3 is 2.57 bits per heavy atom. The highest BCUT2D eigenvalue weighted by Gasteiger charge is 2.11. The molecule has 0 aliphatic carbocycles. The molecule has 0 radical (unpaired) electrons. The van der Waals surface area contributed by atoms with E-state index < -0.39 is 0 Å². The van der Waals surface area contributed by atoms with Crippen molar-refractivity contribution in [2.75, 3.05) is 13.7 Å². The van der Waals surface area contributed by atoms with Gasteiger partial charge in [-0.1, -0.05) is 27.5 Å². The van der Waals surface area contributed by atoms with Crippen LogP contribution in [0.1, 0.15) is 10.4 Å². The summed E-state index contributed by atoms with van der Waals surface area (Å²) in [5.74, 6) is 0.990. The van der Waals surface area contributed by atoms with Gasteiger partial charge in [-0.25, -0.2) is 0 Å². The molecule has 0 N–H and O–H groups in total. The van der Waals surface area contributed by atoms with Gasteiger partial charge in [-0.3, -0.25) is 4.79 Å². The molecule has 110 valence electrons. The van der Waals surface area contributed by atoms with Crippen LogP contribution in [0.3, 0.4) is 0 Å². The van der Waals surface area contributed by atoms with Crippen molar-refractivity contribution in [1.29, 1.82) is 0 Å². The van der Waals surface area contributed by atoms with Crippen LogP contribution in [0.2, 0.25) is 5.02 Å². The zero-order valence-corrected chi connectivity index (χ0v) is 15.0. The Balaban J connectivity index is 2.08. The molecule has 0 saturated carbocycles. The predicted molar refractivity (Wildman–Crippen MR) is 89.7 cm³/mol. The van der Waals surface area contributed by atoms with E-state index in [1.54, 1.807) is 43.5 Å². The molecule has 6 heteroatoms. The van der Waals surface area contributed by atoms with Crippen LogP contribution in [0.25, 0.3) is 0 Å². The highest BCUT2D eigenvalue weighted by atomic mass is 79.9. The third-order valence-corrected chi connectivity index (χ3v) is 4.15. The minimum Gasteiger partial charge on any atom is -0.496 e. The molecule has 0 aromatic heterocycles. The molecule has 0 aliphatic heterocycles. The van der Waals surface area contributed by atoms with Gasteiger partial charge in [0.25, 0.3) is 0 Å². The Bertz CT molecular complexity index is 674. The maximum atomic E-state index is 12.1. The molecule has 3 nitrogen and oxygen atoms in total. The fourth-order valence-corrected chi connectivity index (χ4v) is 2.71. The van der Waals surface area contributed by atoms with E-state index in [0.29, 0.717) is 22.1 Å². The summed E-state index contributed by atoms with van der Waals surface area (Å²) >= 11 is 12.7. The number of ketones is 1. The summed E-state index contributed by atoms with van der Waals surface area (Å²) in [5.41, 5.74) is 0.536. The fourth-order valence-electron chi connectivity index (χ4n) is 1.65. The minimum atomic E-state index is -0.144. The number of benzene rings is 2. The van der Waals surface area contributed by atoms with Gasteiger partial charge in [0.15, 0.2) is 12.4 Å². The van der Waals surface area contributed by atoms with Crippen molar-refractivity contribution >= 4 is 49.2 Å². The quantitative estimate of drug-likeness (QED) is 0.612. The van der Waals surface area contributed by atoms with Crippen LogP contribution in [-0.4, -0.2) is 19.5 Å². The Hall–Kier alpha value is -1.04. The number of hydrogen-bond acceptors (Lipinski definition) is 3. The van der Waals surface area contributed by atoms with Gasteiger partial charge in [0.1, 0.15) is 11.5 Å². The molecule has 0 amide bonds. The summed E-state index contributed by atoms with van der Waals surface area (Å²) < 4.78 is 12.2. The van der Waals surface area contributed by atoms with Crippen LogP contribution < -0.4 is 9.47 Å². The summed E-state index contributed by atoms with van der Waals surface area (Å²) in [6.07, 6.45) is 0. The zero-order chi connectivity index (χ0) is 15.4. The Morgan fingerprint density at radius 1 is 1.14 bits per heavy atom. The fraction of sp³-hybridized carbons (Fsp3) is 0.133. The molecule has 2 aromatic rings. The first-order valence-corrected chi connectivity index (χ1v) is 7.92. The zero-order valence-electron chi connectivity index (χ0n) is 11.0. The molecule has 0 bridgehead atoms. The summed E-state index contributed by atoms with van der Waals surface area (Å²) in [6, 6.07) is 10.3. The largest absolute Gasteiger partial charge is 0.496 e. The molecule has 2 rings (SSSR count). The van der Waals surface area contributed by atoms with Crippen LogP contribution in [-0.2, 0) is 0 Å². The second kappa shape index (κ2) is 7.29. The standard InChI is InChI=1S/C15H11Br2ClO3/c1-20-14-5-2-9(6-11(14)17)13(19)8-21-15-7-10(16)3-4-12(15)18/h2-7H,8H2,1H3. The van der Waals surface area contributed by atoms with Crippen LogP contribution in [0.5, 0.6) is 11.5 Å². The van der Waals surface area contributed by atoms with Gasteiger partial charge in [-0.2, -0.15) is 0 Å². The summed E-state index contributed by atoms with van der Waals surface area (Å²) in [7, 11) is 1.57. The van der Waals surface area contributed by atoms with Crippen molar-refractivity contribution in [2.24, 2.45) is 0 Å². The SMILES string of the molecule is COc1ccc(C(=O)COc2cc(Br)ccc2Cl)cc1Br. The van der Waals surface area contributed by atoms with Gasteiger partial charge in [-0.15, -0.1) is 0 Å². The number of Topliss-reactive ketones (excluding diaryl/α,β-unsaturated/α-hetero) is 1. The first-order valence-electron chi connectivity index (χ1n) is 5.96. The van der Waals surface area contributed by atoms with E-state index in [9.17, 15) is 4.79 Å². The Morgan fingerprint density at radius 2 is 1.90 bits per heavy atom. The van der Waals surface area contributed by atoms with Crippen LogP contribution in [0, 0.1) is 0 Å². The molecule has 0 unspecified atom stereocenters. The van der Waals surface area contributed by atoms with Crippen LogP contribution in [0.4, 0.5) is 0 Å². The molecular weight excluding hydrogens is 423 g/mol. The molecule has 21 heavy (non-hydrogen) atoms. The van der Waals surface area contributed by atoms with Crippen molar-refractivity contribution in [3.8, 4) is 11.5 Å². The highest BCUT2D eigenvalue weighted by molar-refractivity contribution is 9.10. The molecular formula is C15H11Br2ClO3. The van der Waals surface area contributed by atoms with Crippen molar-refractivity contribution in [2.45, 2.75) is 0 Å². The monoisotopic (exact) mass is 432 g/mol. The van der Waals surface area contributed by atoms with Crippen molar-refractivity contribution in [3.05, 3.63) is 55.9 Å². The number of halogens is 3. The normalized spacial score (nSPS) is 10.3. The second-order valence-corrected chi connectivity index (χ2v) is 6.31. The molecule has 0 spiro atoms. The average Bonchev–Trinajstić information content (AvgIpc) is 2.47.